The first-order valence-corrected chi connectivity index (χ1v) is 6.57. The number of furan rings is 1. The van der Waals surface area contributed by atoms with Crippen molar-refractivity contribution in [1.29, 1.82) is 0 Å². The molecule has 1 aromatic carbocycles. The molecule has 20 heavy (non-hydrogen) atoms. The second-order valence-corrected chi connectivity index (χ2v) is 4.75. The van der Waals surface area contributed by atoms with Crippen molar-refractivity contribution in [3.63, 3.8) is 0 Å². The number of aromatic nitrogens is 2. The van der Waals surface area contributed by atoms with Gasteiger partial charge in [0.25, 0.3) is 0 Å². The summed E-state index contributed by atoms with van der Waals surface area (Å²) in [6.07, 6.45) is 3.40. The van der Waals surface area contributed by atoms with Crippen LogP contribution in [-0.4, -0.2) is 14.9 Å². The highest BCUT2D eigenvalue weighted by Gasteiger charge is 2.18. The standard InChI is InChI=1S/C15H15FN2O2/c1-2-6-18-9-11(8-17-18)14(19)13-7-10-4-3-5-12(16)15(10)20-13/h3-5,7-9,14,19H,2,6H2,1H3. The SMILES string of the molecule is CCCn1cc(C(O)c2cc3cccc(F)c3o2)cn1. The van der Waals surface area contributed by atoms with Crippen LogP contribution in [-0.2, 0) is 6.54 Å². The van der Waals surface area contributed by atoms with Gasteiger partial charge in [-0.1, -0.05) is 19.1 Å². The van der Waals surface area contributed by atoms with Crippen LogP contribution in [0.3, 0.4) is 0 Å². The number of halogens is 1. The van der Waals surface area contributed by atoms with E-state index in [2.05, 4.69) is 12.0 Å². The van der Waals surface area contributed by atoms with Crippen molar-refractivity contribution < 1.29 is 13.9 Å². The van der Waals surface area contributed by atoms with E-state index < -0.39 is 11.9 Å². The second-order valence-electron chi connectivity index (χ2n) is 4.75. The average molecular weight is 274 g/mol. The second kappa shape index (κ2) is 5.09. The van der Waals surface area contributed by atoms with E-state index in [1.54, 1.807) is 35.3 Å². The first kappa shape index (κ1) is 12.9. The highest BCUT2D eigenvalue weighted by Crippen LogP contribution is 2.29. The number of fused-ring (bicyclic) bond motifs is 1. The minimum Gasteiger partial charge on any atom is -0.455 e. The Morgan fingerprint density at radius 2 is 2.30 bits per heavy atom. The molecule has 1 N–H and O–H groups in total. The van der Waals surface area contributed by atoms with E-state index in [1.165, 1.54) is 6.07 Å². The topological polar surface area (TPSA) is 51.2 Å². The van der Waals surface area contributed by atoms with E-state index in [0.29, 0.717) is 16.7 Å². The van der Waals surface area contributed by atoms with Crippen molar-refractivity contribution in [1.82, 2.24) is 9.78 Å². The van der Waals surface area contributed by atoms with Crippen LogP contribution < -0.4 is 0 Å². The van der Waals surface area contributed by atoms with E-state index in [1.807, 2.05) is 0 Å². The van der Waals surface area contributed by atoms with E-state index >= 15 is 0 Å². The van der Waals surface area contributed by atoms with Gasteiger partial charge in [0.1, 0.15) is 11.9 Å². The molecule has 0 bridgehead atoms. The maximum absolute atomic E-state index is 13.6. The number of hydrogen-bond acceptors (Lipinski definition) is 3. The molecule has 0 aliphatic rings. The maximum Gasteiger partial charge on any atom is 0.170 e. The van der Waals surface area contributed by atoms with Crippen molar-refractivity contribution in [2.75, 3.05) is 0 Å². The lowest BCUT2D eigenvalue weighted by Gasteiger charge is -2.03. The average Bonchev–Trinajstić information content (AvgIpc) is 3.05. The highest BCUT2D eigenvalue weighted by atomic mass is 19.1. The zero-order valence-corrected chi connectivity index (χ0v) is 11.1. The maximum atomic E-state index is 13.6. The van der Waals surface area contributed by atoms with Gasteiger partial charge in [-0.15, -0.1) is 0 Å². The monoisotopic (exact) mass is 274 g/mol. The predicted molar refractivity (Wildman–Crippen MR) is 72.8 cm³/mol. The third kappa shape index (κ3) is 2.20. The molecule has 2 aromatic heterocycles. The van der Waals surface area contributed by atoms with Crippen LogP contribution in [0.2, 0.25) is 0 Å². The first-order valence-electron chi connectivity index (χ1n) is 6.57. The van der Waals surface area contributed by atoms with E-state index in [-0.39, 0.29) is 5.58 Å². The molecule has 104 valence electrons. The molecule has 1 unspecified atom stereocenters. The van der Waals surface area contributed by atoms with Crippen LogP contribution in [0.4, 0.5) is 4.39 Å². The molecule has 3 aromatic rings. The number of rotatable bonds is 4. The molecule has 0 fully saturated rings. The van der Waals surface area contributed by atoms with Gasteiger partial charge in [0, 0.05) is 23.7 Å². The van der Waals surface area contributed by atoms with Gasteiger partial charge in [0.2, 0.25) is 0 Å². The lowest BCUT2D eigenvalue weighted by molar-refractivity contribution is 0.191. The Morgan fingerprint density at radius 1 is 1.45 bits per heavy atom. The molecule has 0 amide bonds. The quantitative estimate of drug-likeness (QED) is 0.794. The van der Waals surface area contributed by atoms with Gasteiger partial charge >= 0.3 is 0 Å². The summed E-state index contributed by atoms with van der Waals surface area (Å²) in [7, 11) is 0. The normalized spacial score (nSPS) is 12.9. The Labute approximate surface area is 115 Å². The summed E-state index contributed by atoms with van der Waals surface area (Å²) in [4.78, 5) is 0. The number of hydrogen-bond donors (Lipinski definition) is 1. The number of aliphatic hydroxyl groups is 1. The molecule has 0 saturated heterocycles. The van der Waals surface area contributed by atoms with Crippen LogP contribution in [0.5, 0.6) is 0 Å². The molecule has 5 heteroatoms. The fourth-order valence-corrected chi connectivity index (χ4v) is 2.22. The summed E-state index contributed by atoms with van der Waals surface area (Å²) < 4.78 is 20.8. The Hall–Kier alpha value is -2.14. The summed E-state index contributed by atoms with van der Waals surface area (Å²) >= 11 is 0. The van der Waals surface area contributed by atoms with E-state index in [0.717, 1.165) is 13.0 Å². The fraction of sp³-hybridized carbons (Fsp3) is 0.267. The number of para-hydroxylation sites is 1. The first-order chi connectivity index (χ1) is 9.69. The van der Waals surface area contributed by atoms with Crippen molar-refractivity contribution in [2.24, 2.45) is 0 Å². The summed E-state index contributed by atoms with van der Waals surface area (Å²) in [5.74, 6) is -0.108. The van der Waals surface area contributed by atoms with Gasteiger partial charge < -0.3 is 9.52 Å². The smallest absolute Gasteiger partial charge is 0.170 e. The van der Waals surface area contributed by atoms with Crippen molar-refractivity contribution in [3.8, 4) is 0 Å². The third-order valence-electron chi connectivity index (χ3n) is 3.21. The summed E-state index contributed by atoms with van der Waals surface area (Å²) in [6.45, 7) is 2.85. The van der Waals surface area contributed by atoms with Gasteiger partial charge in [-0.2, -0.15) is 5.10 Å². The zero-order valence-electron chi connectivity index (χ0n) is 11.1. The highest BCUT2D eigenvalue weighted by molar-refractivity contribution is 5.78. The number of benzene rings is 1. The summed E-state index contributed by atoms with van der Waals surface area (Å²) in [6, 6.07) is 6.35. The number of aliphatic hydroxyl groups excluding tert-OH is 1. The molecular weight excluding hydrogens is 259 g/mol. The molecule has 1 atom stereocenters. The van der Waals surface area contributed by atoms with Crippen LogP contribution in [0, 0.1) is 5.82 Å². The van der Waals surface area contributed by atoms with E-state index in [9.17, 15) is 9.50 Å². The van der Waals surface area contributed by atoms with Gasteiger partial charge in [-0.25, -0.2) is 4.39 Å². The Morgan fingerprint density at radius 3 is 3.05 bits per heavy atom. The lowest BCUT2D eigenvalue weighted by Crippen LogP contribution is -1.98. The Kier molecular flexibility index (Phi) is 3.28. The van der Waals surface area contributed by atoms with Gasteiger partial charge in [0.05, 0.1) is 6.20 Å². The lowest BCUT2D eigenvalue weighted by atomic mass is 10.1. The number of nitrogens with zero attached hydrogens (tertiary/aromatic N) is 2. The molecule has 0 radical (unpaired) electrons. The molecular formula is C15H15FN2O2. The molecule has 3 rings (SSSR count). The van der Waals surface area contributed by atoms with Crippen LogP contribution in [0.1, 0.15) is 30.8 Å². The third-order valence-corrected chi connectivity index (χ3v) is 3.21. The van der Waals surface area contributed by atoms with Crippen molar-refractivity contribution in [3.05, 3.63) is 53.8 Å². The number of aryl methyl sites for hydroxylation is 1. The van der Waals surface area contributed by atoms with Crippen LogP contribution in [0.25, 0.3) is 11.0 Å². The molecule has 0 aliphatic carbocycles. The molecule has 0 saturated carbocycles. The minimum absolute atomic E-state index is 0.169. The predicted octanol–water partition coefficient (Wildman–Crippen LogP) is 3.26. The van der Waals surface area contributed by atoms with Crippen LogP contribution in [0.15, 0.2) is 41.1 Å². The largest absolute Gasteiger partial charge is 0.455 e. The van der Waals surface area contributed by atoms with Crippen molar-refractivity contribution >= 4 is 11.0 Å². The van der Waals surface area contributed by atoms with Crippen LogP contribution >= 0.6 is 0 Å². The van der Waals surface area contributed by atoms with E-state index in [4.69, 9.17) is 4.42 Å². The Bertz CT molecular complexity index is 732. The molecule has 0 aliphatic heterocycles. The summed E-state index contributed by atoms with van der Waals surface area (Å²) in [5, 5.41) is 15.1. The fourth-order valence-electron chi connectivity index (χ4n) is 2.22. The minimum atomic E-state index is -0.938. The zero-order chi connectivity index (χ0) is 14.1. The molecule has 2 heterocycles. The molecule has 0 spiro atoms. The Balaban J connectivity index is 1.94. The van der Waals surface area contributed by atoms with Crippen molar-refractivity contribution in [2.45, 2.75) is 26.0 Å². The van der Waals surface area contributed by atoms with Gasteiger partial charge in [0.15, 0.2) is 11.4 Å². The summed E-state index contributed by atoms with van der Waals surface area (Å²) in [5.41, 5.74) is 0.806. The van der Waals surface area contributed by atoms with Gasteiger partial charge in [-0.05, 0) is 18.6 Å². The van der Waals surface area contributed by atoms with Gasteiger partial charge in [-0.3, -0.25) is 4.68 Å². The molecule has 4 nitrogen and oxygen atoms in total.